The van der Waals surface area contributed by atoms with E-state index in [0.717, 1.165) is 21.4 Å². The molecule has 0 saturated heterocycles. The Hall–Kier alpha value is -4.09. The van der Waals surface area contributed by atoms with E-state index in [1.54, 1.807) is 44.2 Å². The first kappa shape index (κ1) is 25.6. The average molecular weight is 594 g/mol. The van der Waals surface area contributed by atoms with Gasteiger partial charge in [-0.2, -0.15) is 0 Å². The number of carbonyl (C=O) groups excluding carboxylic acids is 1. The normalized spacial score (nSPS) is 15.2. The number of fused-ring (bicyclic) bond motifs is 1. The van der Waals surface area contributed by atoms with Crippen LogP contribution in [0.4, 0.5) is 5.69 Å². The first-order valence-electron chi connectivity index (χ1n) is 11.6. The lowest BCUT2D eigenvalue weighted by Gasteiger charge is -2.22. The van der Waals surface area contributed by atoms with Gasteiger partial charge in [0.1, 0.15) is 17.6 Å². The number of halogens is 1. The van der Waals surface area contributed by atoms with E-state index in [1.807, 2.05) is 24.3 Å². The summed E-state index contributed by atoms with van der Waals surface area (Å²) in [5, 5.41) is 11.0. The highest BCUT2D eigenvalue weighted by Crippen LogP contribution is 2.34. The van der Waals surface area contributed by atoms with Gasteiger partial charge < -0.3 is 9.15 Å². The summed E-state index contributed by atoms with van der Waals surface area (Å²) in [5.74, 6) is 0.395. The number of allylic oxidation sites excluding steroid dienone is 1. The maximum Gasteiger partial charge on any atom is 0.338 e. The molecular formula is C27H20BrN3O6S. The maximum absolute atomic E-state index is 13.7. The highest BCUT2D eigenvalue weighted by molar-refractivity contribution is 9.10. The number of thiazole rings is 1. The number of nitro benzene ring substituents is 1. The first-order chi connectivity index (χ1) is 18.3. The van der Waals surface area contributed by atoms with Gasteiger partial charge in [0, 0.05) is 22.2 Å². The standard InChI is InChI=1S/C27H20BrN3O6S/c1-3-36-26(33)23-15(2)29-27-30(24(23)21-13-12-20(37-21)17-6-8-18(28)9-7-17)25(32)22(38-27)14-16-4-10-19(11-5-16)31(34)35/h4-14,24H,3H2,1-2H3/b22-14-/t24-/m0/s1. The van der Waals surface area contributed by atoms with E-state index < -0.39 is 16.9 Å². The van der Waals surface area contributed by atoms with E-state index in [0.29, 0.717) is 32.1 Å². The van der Waals surface area contributed by atoms with Crippen molar-refractivity contribution < 1.29 is 18.9 Å². The van der Waals surface area contributed by atoms with Gasteiger partial charge in [-0.05, 0) is 61.9 Å². The quantitative estimate of drug-likeness (QED) is 0.181. The molecule has 0 fully saturated rings. The number of aromatic nitrogens is 1. The third kappa shape index (κ3) is 4.77. The largest absolute Gasteiger partial charge is 0.463 e. The summed E-state index contributed by atoms with van der Waals surface area (Å²) in [6, 6.07) is 16.1. The zero-order valence-corrected chi connectivity index (χ0v) is 22.6. The van der Waals surface area contributed by atoms with Gasteiger partial charge in [0.25, 0.3) is 11.2 Å². The molecule has 0 unspecified atom stereocenters. The van der Waals surface area contributed by atoms with E-state index in [9.17, 15) is 19.7 Å². The lowest BCUT2D eigenvalue weighted by molar-refractivity contribution is -0.384. The van der Waals surface area contributed by atoms with Gasteiger partial charge in [-0.1, -0.05) is 39.4 Å². The number of nitro groups is 1. The van der Waals surface area contributed by atoms with Crippen LogP contribution in [0.3, 0.4) is 0 Å². The second-order valence-electron chi connectivity index (χ2n) is 8.36. The van der Waals surface area contributed by atoms with Crippen LogP contribution in [-0.4, -0.2) is 22.1 Å². The van der Waals surface area contributed by atoms with Crippen molar-refractivity contribution in [2.24, 2.45) is 4.99 Å². The van der Waals surface area contributed by atoms with Crippen LogP contribution in [0.1, 0.15) is 31.2 Å². The number of esters is 1. The van der Waals surface area contributed by atoms with Crippen LogP contribution in [0.5, 0.6) is 0 Å². The second-order valence-corrected chi connectivity index (χ2v) is 10.3. The molecule has 9 nitrogen and oxygen atoms in total. The van der Waals surface area contributed by atoms with E-state index in [4.69, 9.17) is 9.15 Å². The highest BCUT2D eigenvalue weighted by atomic mass is 79.9. The molecule has 4 aromatic rings. The average Bonchev–Trinajstić information content (AvgIpc) is 3.49. The summed E-state index contributed by atoms with van der Waals surface area (Å²) >= 11 is 4.59. The van der Waals surface area contributed by atoms with Gasteiger partial charge in [0.2, 0.25) is 0 Å². The van der Waals surface area contributed by atoms with E-state index in [-0.39, 0.29) is 23.4 Å². The van der Waals surface area contributed by atoms with Crippen LogP contribution in [0.25, 0.3) is 17.4 Å². The minimum atomic E-state index is -0.881. The number of non-ortho nitro benzene ring substituents is 1. The van der Waals surface area contributed by atoms with E-state index >= 15 is 0 Å². The molecule has 0 saturated carbocycles. The van der Waals surface area contributed by atoms with Crippen LogP contribution in [0.2, 0.25) is 0 Å². The summed E-state index contributed by atoms with van der Waals surface area (Å²) in [6.45, 7) is 3.57. The van der Waals surface area contributed by atoms with Gasteiger partial charge in [0.05, 0.1) is 27.3 Å². The minimum Gasteiger partial charge on any atom is -0.463 e. The number of hydrogen-bond acceptors (Lipinski definition) is 8. The molecule has 38 heavy (non-hydrogen) atoms. The molecule has 1 atom stereocenters. The first-order valence-corrected chi connectivity index (χ1v) is 13.2. The van der Waals surface area contributed by atoms with Crippen molar-refractivity contribution >= 4 is 45.0 Å². The number of hydrogen-bond donors (Lipinski definition) is 0. The van der Waals surface area contributed by atoms with Gasteiger partial charge >= 0.3 is 5.97 Å². The summed E-state index contributed by atoms with van der Waals surface area (Å²) < 4.78 is 14.2. The van der Waals surface area contributed by atoms with E-state index in [2.05, 4.69) is 20.9 Å². The molecular weight excluding hydrogens is 574 g/mol. The lowest BCUT2D eigenvalue weighted by Crippen LogP contribution is -2.39. The fraction of sp³-hybridized carbons (Fsp3) is 0.148. The number of benzene rings is 2. The summed E-state index contributed by atoms with van der Waals surface area (Å²) in [6.07, 6.45) is 1.64. The van der Waals surface area contributed by atoms with Crippen LogP contribution >= 0.6 is 27.3 Å². The fourth-order valence-corrected chi connectivity index (χ4v) is 5.48. The molecule has 0 spiro atoms. The van der Waals surface area contributed by atoms with Gasteiger partial charge in [-0.15, -0.1) is 0 Å². The predicted octanol–water partition coefficient (Wildman–Crippen LogP) is 4.73. The zero-order chi connectivity index (χ0) is 27.0. The third-order valence-electron chi connectivity index (χ3n) is 5.94. The van der Waals surface area contributed by atoms with Crippen LogP contribution in [-0.2, 0) is 9.53 Å². The highest BCUT2D eigenvalue weighted by Gasteiger charge is 2.35. The number of rotatable bonds is 6. The van der Waals surface area contributed by atoms with Crippen molar-refractivity contribution in [1.82, 2.24) is 4.57 Å². The molecule has 0 radical (unpaired) electrons. The summed E-state index contributed by atoms with van der Waals surface area (Å²) in [4.78, 5) is 42.2. The van der Waals surface area contributed by atoms with Gasteiger partial charge in [-0.25, -0.2) is 9.79 Å². The van der Waals surface area contributed by atoms with Crippen molar-refractivity contribution in [1.29, 1.82) is 0 Å². The Balaban J connectivity index is 1.65. The van der Waals surface area contributed by atoms with Crippen LogP contribution in [0, 0.1) is 10.1 Å². The molecule has 0 aliphatic carbocycles. The van der Waals surface area contributed by atoms with Gasteiger partial charge in [0.15, 0.2) is 4.80 Å². The SMILES string of the molecule is CCOC(=O)C1=C(C)N=c2s/c(=C\c3ccc([N+](=O)[O-])cc3)c(=O)n2[C@H]1c1ccc(-c2ccc(Br)cc2)o1. The Morgan fingerprint density at radius 1 is 1.18 bits per heavy atom. The topological polar surface area (TPSA) is 117 Å². The molecule has 2 aromatic carbocycles. The molecule has 3 heterocycles. The fourth-order valence-electron chi connectivity index (χ4n) is 4.17. The van der Waals surface area contributed by atoms with Crippen LogP contribution < -0.4 is 14.9 Å². The lowest BCUT2D eigenvalue weighted by atomic mass is 10.0. The van der Waals surface area contributed by atoms with Crippen molar-refractivity contribution in [3.63, 3.8) is 0 Å². The molecule has 5 rings (SSSR count). The van der Waals surface area contributed by atoms with Crippen molar-refractivity contribution in [3.8, 4) is 11.3 Å². The van der Waals surface area contributed by atoms with Crippen molar-refractivity contribution in [2.45, 2.75) is 19.9 Å². The predicted molar refractivity (Wildman–Crippen MR) is 145 cm³/mol. The molecule has 1 aliphatic heterocycles. The molecule has 11 heteroatoms. The third-order valence-corrected chi connectivity index (χ3v) is 7.46. The molecule has 0 amide bonds. The van der Waals surface area contributed by atoms with Crippen molar-refractivity contribution in [2.75, 3.05) is 6.61 Å². The zero-order valence-electron chi connectivity index (χ0n) is 20.2. The Bertz CT molecular complexity index is 1760. The number of ether oxygens (including phenoxy) is 1. The number of furan rings is 1. The molecule has 2 aromatic heterocycles. The Labute approximate surface area is 228 Å². The van der Waals surface area contributed by atoms with E-state index in [1.165, 1.54) is 16.7 Å². The van der Waals surface area contributed by atoms with Gasteiger partial charge in [-0.3, -0.25) is 19.5 Å². The number of nitrogens with zero attached hydrogens (tertiary/aromatic N) is 3. The Morgan fingerprint density at radius 2 is 1.89 bits per heavy atom. The molecule has 0 N–H and O–H groups in total. The smallest absolute Gasteiger partial charge is 0.338 e. The second kappa shape index (κ2) is 10.3. The minimum absolute atomic E-state index is 0.0438. The molecule has 192 valence electrons. The maximum atomic E-state index is 13.7. The number of carbonyl (C=O) groups is 1. The molecule has 1 aliphatic rings. The Morgan fingerprint density at radius 3 is 2.55 bits per heavy atom. The molecule has 0 bridgehead atoms. The summed E-state index contributed by atoms with van der Waals surface area (Å²) in [7, 11) is 0. The van der Waals surface area contributed by atoms with Crippen molar-refractivity contribution in [3.05, 3.63) is 118 Å². The summed E-state index contributed by atoms with van der Waals surface area (Å²) in [5.41, 5.74) is 1.69. The van der Waals surface area contributed by atoms with Crippen LogP contribution in [0.15, 0.2) is 90.6 Å². The Kier molecular flexibility index (Phi) is 6.96. The monoisotopic (exact) mass is 593 g/mol.